The van der Waals surface area contributed by atoms with Crippen LogP contribution >= 0.6 is 35.6 Å². The molecule has 0 aromatic heterocycles. The van der Waals surface area contributed by atoms with Gasteiger partial charge in [0.2, 0.25) is 0 Å². The first kappa shape index (κ1) is 24.4. The van der Waals surface area contributed by atoms with Crippen molar-refractivity contribution in [3.8, 4) is 11.5 Å². The van der Waals surface area contributed by atoms with E-state index in [-0.39, 0.29) is 11.3 Å². The summed E-state index contributed by atoms with van der Waals surface area (Å²) in [4.78, 5) is 14.7. The Bertz CT molecular complexity index is 1040. The maximum atomic E-state index is 12.6. The molecule has 7 heteroatoms. The van der Waals surface area contributed by atoms with E-state index in [2.05, 4.69) is 39.5 Å². The zero-order valence-corrected chi connectivity index (χ0v) is 20.8. The smallest absolute Gasteiger partial charge is 0.266 e. The number of nitrogens with zero attached hydrogens (tertiary/aromatic N) is 1. The molecule has 1 aliphatic heterocycles. The molecule has 0 atom stereocenters. The highest BCUT2D eigenvalue weighted by Crippen LogP contribution is 2.35. The number of ether oxygens (including phenoxy) is 2. The van der Waals surface area contributed by atoms with Gasteiger partial charge in [-0.15, -0.1) is 6.58 Å². The minimum atomic E-state index is -0.145. The van der Waals surface area contributed by atoms with Gasteiger partial charge in [0.25, 0.3) is 5.91 Å². The average molecular weight is 488 g/mol. The minimum Gasteiger partial charge on any atom is -0.490 e. The van der Waals surface area contributed by atoms with Gasteiger partial charge in [-0.05, 0) is 47.4 Å². The van der Waals surface area contributed by atoms with E-state index in [1.807, 2.05) is 12.1 Å². The summed E-state index contributed by atoms with van der Waals surface area (Å²) in [7, 11) is 0. The van der Waals surface area contributed by atoms with Gasteiger partial charge in [-0.25, -0.2) is 0 Å². The van der Waals surface area contributed by atoms with Crippen LogP contribution in [0.5, 0.6) is 11.5 Å². The van der Waals surface area contributed by atoms with Crippen molar-refractivity contribution in [2.24, 2.45) is 0 Å². The molecule has 1 aliphatic rings. The van der Waals surface area contributed by atoms with Crippen LogP contribution in [0.4, 0.5) is 0 Å². The SMILES string of the molecule is C=CCN1C(=O)C(=Cc2cc(Cl)ccc2OCCOc2ccc(C(C)(C)C)cc2)SC1=S. The molecule has 2 aromatic carbocycles. The number of halogens is 1. The summed E-state index contributed by atoms with van der Waals surface area (Å²) in [5.74, 6) is 1.27. The van der Waals surface area contributed by atoms with Crippen molar-refractivity contribution in [2.45, 2.75) is 26.2 Å². The number of benzene rings is 2. The summed E-state index contributed by atoms with van der Waals surface area (Å²) < 4.78 is 12.2. The summed E-state index contributed by atoms with van der Waals surface area (Å²) in [5.41, 5.74) is 2.07. The lowest BCUT2D eigenvalue weighted by atomic mass is 9.87. The Balaban J connectivity index is 1.64. The van der Waals surface area contributed by atoms with E-state index in [1.54, 1.807) is 30.4 Å². The Kier molecular flexibility index (Phi) is 8.04. The first-order chi connectivity index (χ1) is 15.2. The fraction of sp³-hybridized carbons (Fsp3) is 0.280. The molecule has 0 aliphatic carbocycles. The van der Waals surface area contributed by atoms with Gasteiger partial charge in [-0.2, -0.15) is 0 Å². The average Bonchev–Trinajstić information content (AvgIpc) is 3.00. The second-order valence-electron chi connectivity index (χ2n) is 8.23. The van der Waals surface area contributed by atoms with Crippen LogP contribution in [0.15, 0.2) is 60.0 Å². The second-order valence-corrected chi connectivity index (χ2v) is 10.3. The van der Waals surface area contributed by atoms with E-state index in [0.29, 0.717) is 45.3 Å². The maximum absolute atomic E-state index is 12.6. The van der Waals surface area contributed by atoms with Crippen molar-refractivity contribution < 1.29 is 14.3 Å². The summed E-state index contributed by atoms with van der Waals surface area (Å²) in [6.07, 6.45) is 3.41. The number of carbonyl (C=O) groups is 1. The van der Waals surface area contributed by atoms with Gasteiger partial charge < -0.3 is 9.47 Å². The van der Waals surface area contributed by atoms with E-state index >= 15 is 0 Å². The van der Waals surface area contributed by atoms with Crippen LogP contribution in [-0.4, -0.2) is 34.9 Å². The number of hydrogen-bond acceptors (Lipinski definition) is 5. The van der Waals surface area contributed by atoms with E-state index in [9.17, 15) is 4.79 Å². The Morgan fingerprint density at radius 1 is 1.12 bits per heavy atom. The zero-order valence-electron chi connectivity index (χ0n) is 18.4. The molecule has 168 valence electrons. The molecule has 1 saturated heterocycles. The molecule has 1 fully saturated rings. The molecule has 0 bridgehead atoms. The van der Waals surface area contributed by atoms with Crippen LogP contribution < -0.4 is 9.47 Å². The highest BCUT2D eigenvalue weighted by Gasteiger charge is 2.31. The number of amides is 1. The molecular formula is C25H26ClNO3S2. The van der Waals surface area contributed by atoms with Crippen LogP contribution in [-0.2, 0) is 10.2 Å². The van der Waals surface area contributed by atoms with Crippen molar-refractivity contribution >= 4 is 51.9 Å². The monoisotopic (exact) mass is 487 g/mol. The van der Waals surface area contributed by atoms with Crippen molar-refractivity contribution in [3.63, 3.8) is 0 Å². The molecule has 3 rings (SSSR count). The Morgan fingerprint density at radius 2 is 1.81 bits per heavy atom. The predicted octanol–water partition coefficient (Wildman–Crippen LogP) is 6.48. The third-order valence-corrected chi connectivity index (χ3v) is 6.39. The third kappa shape index (κ3) is 6.15. The summed E-state index contributed by atoms with van der Waals surface area (Å²) in [5, 5.41) is 0.556. The van der Waals surface area contributed by atoms with Crippen molar-refractivity contribution in [2.75, 3.05) is 19.8 Å². The summed E-state index contributed by atoms with van der Waals surface area (Å²) in [6.45, 7) is 11.3. The second kappa shape index (κ2) is 10.6. The predicted molar refractivity (Wildman–Crippen MR) is 138 cm³/mol. The van der Waals surface area contributed by atoms with E-state index < -0.39 is 0 Å². The summed E-state index contributed by atoms with van der Waals surface area (Å²) in [6, 6.07) is 13.4. The number of hydrogen-bond donors (Lipinski definition) is 0. The highest BCUT2D eigenvalue weighted by atomic mass is 35.5. The Labute approximate surface area is 204 Å². The molecule has 0 spiro atoms. The number of thiocarbonyl (C=S) groups is 1. The number of carbonyl (C=O) groups excluding carboxylic acids is 1. The molecule has 0 unspecified atom stereocenters. The molecule has 4 nitrogen and oxygen atoms in total. The van der Waals surface area contributed by atoms with E-state index in [1.165, 1.54) is 22.2 Å². The first-order valence-electron chi connectivity index (χ1n) is 10.2. The van der Waals surface area contributed by atoms with Gasteiger partial charge in [0.15, 0.2) is 0 Å². The topological polar surface area (TPSA) is 38.8 Å². The van der Waals surface area contributed by atoms with Crippen molar-refractivity contribution in [3.05, 3.63) is 76.2 Å². The summed E-state index contributed by atoms with van der Waals surface area (Å²) >= 11 is 12.7. The lowest BCUT2D eigenvalue weighted by molar-refractivity contribution is -0.121. The number of rotatable bonds is 8. The van der Waals surface area contributed by atoms with Crippen LogP contribution in [0.3, 0.4) is 0 Å². The van der Waals surface area contributed by atoms with Gasteiger partial charge in [0, 0.05) is 17.1 Å². The van der Waals surface area contributed by atoms with E-state index in [0.717, 1.165) is 5.75 Å². The minimum absolute atomic E-state index is 0.104. The molecule has 0 saturated carbocycles. The van der Waals surface area contributed by atoms with Gasteiger partial charge in [-0.1, -0.05) is 74.6 Å². The van der Waals surface area contributed by atoms with Crippen LogP contribution in [0, 0.1) is 0 Å². The van der Waals surface area contributed by atoms with Gasteiger partial charge >= 0.3 is 0 Å². The third-order valence-electron chi connectivity index (χ3n) is 4.77. The zero-order chi connectivity index (χ0) is 23.3. The lowest BCUT2D eigenvalue weighted by Gasteiger charge is -2.19. The lowest BCUT2D eigenvalue weighted by Crippen LogP contribution is -2.27. The van der Waals surface area contributed by atoms with Crippen LogP contribution in [0.2, 0.25) is 5.02 Å². The Hall–Kier alpha value is -2.28. The standard InChI is InChI=1S/C25H26ClNO3S2/c1-5-12-27-23(28)22(32-24(27)31)16-17-15-19(26)8-11-21(17)30-14-13-29-20-9-6-18(7-10-20)25(2,3)4/h5-11,15-16H,1,12-14H2,2-4H3. The van der Waals surface area contributed by atoms with Crippen LogP contribution in [0.1, 0.15) is 31.9 Å². The van der Waals surface area contributed by atoms with Gasteiger partial charge in [0.05, 0.1) is 4.91 Å². The largest absolute Gasteiger partial charge is 0.490 e. The molecule has 1 heterocycles. The molecule has 1 amide bonds. The van der Waals surface area contributed by atoms with Crippen molar-refractivity contribution in [1.82, 2.24) is 4.90 Å². The first-order valence-corrected chi connectivity index (χ1v) is 11.8. The maximum Gasteiger partial charge on any atom is 0.266 e. The molecule has 0 N–H and O–H groups in total. The van der Waals surface area contributed by atoms with Crippen LogP contribution in [0.25, 0.3) is 6.08 Å². The molecule has 2 aromatic rings. The molecule has 32 heavy (non-hydrogen) atoms. The molecule has 0 radical (unpaired) electrons. The quantitative estimate of drug-likeness (QED) is 0.184. The van der Waals surface area contributed by atoms with Gasteiger partial charge in [-0.3, -0.25) is 9.69 Å². The fourth-order valence-corrected chi connectivity index (χ4v) is 4.50. The van der Waals surface area contributed by atoms with Gasteiger partial charge in [0.1, 0.15) is 29.0 Å². The number of thioether (sulfide) groups is 1. The molecular weight excluding hydrogens is 462 g/mol. The normalized spacial score (nSPS) is 15.4. The fourth-order valence-electron chi connectivity index (χ4n) is 3.05. The highest BCUT2D eigenvalue weighted by molar-refractivity contribution is 8.26. The van der Waals surface area contributed by atoms with E-state index in [4.69, 9.17) is 33.3 Å². The Morgan fingerprint density at radius 3 is 2.47 bits per heavy atom. The van der Waals surface area contributed by atoms with Crippen molar-refractivity contribution in [1.29, 1.82) is 0 Å².